The third-order valence-electron chi connectivity index (χ3n) is 6.27. The standard InChI is InChI=1S/C29H37N3O4/c1-19(2)27(29(35)30-15-9-5-6-10-16-33)32-28(34)23-18-25(31-24-12-8-7-11-22(23)24)21-13-14-26(36-4)20(3)17-21/h7-8,11-14,17-19,27,33H,5-6,9-10,15-16H2,1-4H3,(H,30,35)(H,32,34). The van der Waals surface area contributed by atoms with E-state index >= 15 is 0 Å². The van der Waals surface area contributed by atoms with E-state index in [-0.39, 0.29) is 24.3 Å². The Morgan fingerprint density at radius 1 is 1.03 bits per heavy atom. The van der Waals surface area contributed by atoms with Gasteiger partial charge in [-0.2, -0.15) is 0 Å². The molecule has 3 N–H and O–H groups in total. The number of aromatic nitrogens is 1. The summed E-state index contributed by atoms with van der Waals surface area (Å²) < 4.78 is 5.38. The zero-order valence-electron chi connectivity index (χ0n) is 21.6. The number of ether oxygens (including phenoxy) is 1. The molecule has 3 aromatic rings. The molecule has 0 fully saturated rings. The van der Waals surface area contributed by atoms with Crippen LogP contribution in [0.2, 0.25) is 0 Å². The molecule has 36 heavy (non-hydrogen) atoms. The average molecular weight is 492 g/mol. The topological polar surface area (TPSA) is 101 Å². The van der Waals surface area contributed by atoms with Crippen molar-refractivity contribution in [3.8, 4) is 17.0 Å². The van der Waals surface area contributed by atoms with Crippen LogP contribution < -0.4 is 15.4 Å². The summed E-state index contributed by atoms with van der Waals surface area (Å²) in [5.74, 6) is 0.207. The molecule has 0 radical (unpaired) electrons. The Balaban J connectivity index is 1.84. The van der Waals surface area contributed by atoms with Gasteiger partial charge >= 0.3 is 0 Å². The molecular weight excluding hydrogens is 454 g/mol. The molecule has 2 aromatic carbocycles. The van der Waals surface area contributed by atoms with E-state index < -0.39 is 6.04 Å². The second-order valence-corrected chi connectivity index (χ2v) is 9.38. The van der Waals surface area contributed by atoms with E-state index in [2.05, 4.69) is 10.6 Å². The maximum atomic E-state index is 13.5. The minimum atomic E-state index is -0.659. The number of hydrogen-bond acceptors (Lipinski definition) is 5. The highest BCUT2D eigenvalue weighted by atomic mass is 16.5. The van der Waals surface area contributed by atoms with Gasteiger partial charge in [-0.15, -0.1) is 0 Å². The summed E-state index contributed by atoms with van der Waals surface area (Å²) in [5, 5.41) is 15.5. The summed E-state index contributed by atoms with van der Waals surface area (Å²) >= 11 is 0. The molecule has 7 heteroatoms. The number of aryl methyl sites for hydroxylation is 1. The highest BCUT2D eigenvalue weighted by molar-refractivity contribution is 6.08. The first-order valence-electron chi connectivity index (χ1n) is 12.6. The Bertz CT molecular complexity index is 1190. The van der Waals surface area contributed by atoms with Gasteiger partial charge in [-0.1, -0.05) is 44.9 Å². The highest BCUT2D eigenvalue weighted by Crippen LogP contribution is 2.28. The first-order valence-corrected chi connectivity index (χ1v) is 12.6. The van der Waals surface area contributed by atoms with Gasteiger partial charge in [0.25, 0.3) is 5.91 Å². The molecule has 2 amide bonds. The van der Waals surface area contributed by atoms with Gasteiger partial charge in [0.05, 0.1) is 23.9 Å². The number of fused-ring (bicyclic) bond motifs is 1. The van der Waals surface area contributed by atoms with E-state index in [1.54, 1.807) is 13.2 Å². The average Bonchev–Trinajstić information content (AvgIpc) is 2.88. The quantitative estimate of drug-likeness (QED) is 0.321. The summed E-state index contributed by atoms with van der Waals surface area (Å²) in [4.78, 5) is 31.2. The second kappa shape index (κ2) is 13.0. The van der Waals surface area contributed by atoms with Crippen molar-refractivity contribution >= 4 is 22.7 Å². The number of amides is 2. The maximum Gasteiger partial charge on any atom is 0.252 e. The van der Waals surface area contributed by atoms with Crippen molar-refractivity contribution in [3.63, 3.8) is 0 Å². The van der Waals surface area contributed by atoms with Crippen LogP contribution in [-0.4, -0.2) is 48.2 Å². The van der Waals surface area contributed by atoms with Crippen LogP contribution in [0.25, 0.3) is 22.2 Å². The molecule has 1 unspecified atom stereocenters. The number of methoxy groups -OCH3 is 1. The lowest BCUT2D eigenvalue weighted by molar-refractivity contribution is -0.123. The van der Waals surface area contributed by atoms with E-state index in [0.29, 0.717) is 23.3 Å². The number of carbonyl (C=O) groups is 2. The van der Waals surface area contributed by atoms with Gasteiger partial charge in [0, 0.05) is 24.1 Å². The lowest BCUT2D eigenvalue weighted by atomic mass is 10.00. The van der Waals surface area contributed by atoms with Crippen LogP contribution in [0.3, 0.4) is 0 Å². The van der Waals surface area contributed by atoms with Crippen molar-refractivity contribution in [2.75, 3.05) is 20.3 Å². The van der Waals surface area contributed by atoms with Crippen molar-refractivity contribution in [3.05, 3.63) is 59.7 Å². The SMILES string of the molecule is COc1ccc(-c2cc(C(=O)NC(C(=O)NCCCCCCO)C(C)C)c3ccccc3n2)cc1C. The largest absolute Gasteiger partial charge is 0.496 e. The van der Waals surface area contributed by atoms with Gasteiger partial charge in [0.1, 0.15) is 11.8 Å². The van der Waals surface area contributed by atoms with Crippen LogP contribution in [0, 0.1) is 12.8 Å². The Hall–Kier alpha value is -3.45. The number of hydrogen-bond donors (Lipinski definition) is 3. The van der Waals surface area contributed by atoms with Gasteiger partial charge in [-0.3, -0.25) is 9.59 Å². The second-order valence-electron chi connectivity index (χ2n) is 9.38. The number of rotatable bonds is 12. The lowest BCUT2D eigenvalue weighted by Crippen LogP contribution is -2.49. The van der Waals surface area contributed by atoms with E-state index in [1.165, 1.54) is 0 Å². The van der Waals surface area contributed by atoms with Gasteiger partial charge in [-0.05, 0) is 61.6 Å². The van der Waals surface area contributed by atoms with Crippen molar-refractivity contribution in [2.24, 2.45) is 5.92 Å². The minimum Gasteiger partial charge on any atom is -0.496 e. The molecule has 1 heterocycles. The van der Waals surface area contributed by atoms with Crippen LogP contribution in [-0.2, 0) is 4.79 Å². The third-order valence-corrected chi connectivity index (χ3v) is 6.27. The monoisotopic (exact) mass is 491 g/mol. The number of unbranched alkanes of at least 4 members (excludes halogenated alkanes) is 3. The van der Waals surface area contributed by atoms with Gasteiger partial charge < -0.3 is 20.5 Å². The van der Waals surface area contributed by atoms with E-state index in [4.69, 9.17) is 14.8 Å². The van der Waals surface area contributed by atoms with Crippen LogP contribution in [0.5, 0.6) is 5.75 Å². The maximum absolute atomic E-state index is 13.5. The van der Waals surface area contributed by atoms with Crippen LogP contribution >= 0.6 is 0 Å². The van der Waals surface area contributed by atoms with Gasteiger partial charge in [-0.25, -0.2) is 4.98 Å². The smallest absolute Gasteiger partial charge is 0.252 e. The normalized spacial score (nSPS) is 11.9. The van der Waals surface area contributed by atoms with Crippen LogP contribution in [0.1, 0.15) is 55.5 Å². The fourth-order valence-electron chi connectivity index (χ4n) is 4.21. The number of aliphatic hydroxyl groups is 1. The van der Waals surface area contributed by atoms with Crippen molar-refractivity contribution < 1.29 is 19.4 Å². The number of carbonyl (C=O) groups excluding carboxylic acids is 2. The number of nitrogens with one attached hydrogen (secondary N) is 2. The number of benzene rings is 2. The Morgan fingerprint density at radius 3 is 2.47 bits per heavy atom. The predicted octanol–water partition coefficient (Wildman–Crippen LogP) is 4.64. The molecule has 0 spiro atoms. The van der Waals surface area contributed by atoms with Crippen molar-refractivity contribution in [1.29, 1.82) is 0 Å². The zero-order valence-corrected chi connectivity index (χ0v) is 21.6. The van der Waals surface area contributed by atoms with E-state index in [0.717, 1.165) is 47.9 Å². The molecule has 3 rings (SSSR count). The fraction of sp³-hybridized carbons (Fsp3) is 0.414. The van der Waals surface area contributed by atoms with E-state index in [9.17, 15) is 9.59 Å². The fourth-order valence-corrected chi connectivity index (χ4v) is 4.21. The highest BCUT2D eigenvalue weighted by Gasteiger charge is 2.25. The summed E-state index contributed by atoms with van der Waals surface area (Å²) in [6, 6.07) is 14.5. The van der Waals surface area contributed by atoms with Gasteiger partial charge in [0.2, 0.25) is 5.91 Å². The molecular formula is C29H37N3O4. The minimum absolute atomic E-state index is 0.0832. The van der Waals surface area contributed by atoms with Crippen molar-refractivity contribution in [1.82, 2.24) is 15.6 Å². The first-order chi connectivity index (χ1) is 17.3. The molecule has 0 bridgehead atoms. The number of pyridine rings is 1. The molecule has 0 aliphatic carbocycles. The molecule has 192 valence electrons. The van der Waals surface area contributed by atoms with Crippen molar-refractivity contribution in [2.45, 2.75) is 52.5 Å². The molecule has 0 saturated carbocycles. The number of nitrogens with zero attached hydrogens (tertiary/aromatic N) is 1. The molecule has 7 nitrogen and oxygen atoms in total. The Morgan fingerprint density at radius 2 is 1.78 bits per heavy atom. The molecule has 1 atom stereocenters. The first kappa shape index (κ1) is 27.1. The van der Waals surface area contributed by atoms with E-state index in [1.807, 2.05) is 63.2 Å². The predicted molar refractivity (Wildman–Crippen MR) is 143 cm³/mol. The lowest BCUT2D eigenvalue weighted by Gasteiger charge is -2.22. The molecule has 0 aliphatic heterocycles. The third kappa shape index (κ3) is 6.82. The number of para-hydroxylation sites is 1. The van der Waals surface area contributed by atoms with Crippen LogP contribution in [0.4, 0.5) is 0 Å². The summed E-state index contributed by atoms with van der Waals surface area (Å²) in [6.07, 6.45) is 3.48. The zero-order chi connectivity index (χ0) is 26.1. The van der Waals surface area contributed by atoms with Crippen LogP contribution in [0.15, 0.2) is 48.5 Å². The molecule has 1 aromatic heterocycles. The summed E-state index contributed by atoms with van der Waals surface area (Å²) in [6.45, 7) is 6.54. The molecule has 0 saturated heterocycles. The van der Waals surface area contributed by atoms with Gasteiger partial charge in [0.15, 0.2) is 0 Å². The summed E-state index contributed by atoms with van der Waals surface area (Å²) in [7, 11) is 1.64. The Labute approximate surface area is 213 Å². The Kier molecular flexibility index (Phi) is 9.82. The molecule has 0 aliphatic rings. The summed E-state index contributed by atoms with van der Waals surface area (Å²) in [5.41, 5.74) is 3.72. The number of aliphatic hydroxyl groups excluding tert-OH is 1.